The first-order valence-electron chi connectivity index (χ1n) is 10.4. The highest BCUT2D eigenvalue weighted by Gasteiger charge is 2.22. The Hall–Kier alpha value is -3.29. The van der Waals surface area contributed by atoms with Crippen LogP contribution in [0.15, 0.2) is 84.0 Å². The van der Waals surface area contributed by atoms with E-state index < -0.39 is 6.10 Å². The van der Waals surface area contributed by atoms with Crippen molar-refractivity contribution in [3.63, 3.8) is 0 Å². The average molecular weight is 479 g/mol. The number of hydrogen-bond acceptors (Lipinski definition) is 5. The largest absolute Gasteiger partial charge is 0.481 e. The summed E-state index contributed by atoms with van der Waals surface area (Å²) in [6.45, 7) is 3.90. The molecule has 0 aliphatic heterocycles. The number of ether oxygens (including phenoxy) is 1. The quantitative estimate of drug-likeness (QED) is 0.310. The molecular formula is C25H23ClN4O2S. The van der Waals surface area contributed by atoms with Gasteiger partial charge in [0.15, 0.2) is 17.1 Å². The molecular weight excluding hydrogens is 456 g/mol. The summed E-state index contributed by atoms with van der Waals surface area (Å²) in [6.07, 6.45) is -0.423. The molecule has 1 unspecified atom stereocenters. The average Bonchev–Trinajstić information content (AvgIpc) is 3.25. The van der Waals surface area contributed by atoms with Gasteiger partial charge in [0.2, 0.25) is 5.91 Å². The number of rotatable bonds is 8. The Kier molecular flexibility index (Phi) is 7.32. The number of hydrogen-bond donors (Lipinski definition) is 1. The van der Waals surface area contributed by atoms with E-state index in [0.29, 0.717) is 21.8 Å². The normalized spacial score (nSPS) is 11.7. The third-order valence-electron chi connectivity index (χ3n) is 4.84. The molecule has 6 nitrogen and oxygen atoms in total. The molecule has 33 heavy (non-hydrogen) atoms. The monoisotopic (exact) mass is 478 g/mol. The number of carbonyl (C=O) groups excluding carboxylic acids is 1. The summed E-state index contributed by atoms with van der Waals surface area (Å²) >= 11 is 7.58. The second kappa shape index (κ2) is 10.6. The van der Waals surface area contributed by atoms with Crippen molar-refractivity contribution in [1.82, 2.24) is 14.8 Å². The van der Waals surface area contributed by atoms with Crippen molar-refractivity contribution in [1.29, 1.82) is 0 Å². The summed E-state index contributed by atoms with van der Waals surface area (Å²) in [6, 6.07) is 24.7. The van der Waals surface area contributed by atoms with Crippen molar-refractivity contribution >= 4 is 35.0 Å². The van der Waals surface area contributed by atoms with Gasteiger partial charge in [-0.15, -0.1) is 10.2 Å². The van der Waals surface area contributed by atoms with Crippen LogP contribution in [0.5, 0.6) is 5.75 Å². The number of anilines is 1. The third kappa shape index (κ3) is 5.74. The summed E-state index contributed by atoms with van der Waals surface area (Å²) in [5.74, 6) is 1.26. The molecule has 0 aliphatic carbocycles. The van der Waals surface area contributed by atoms with E-state index in [1.807, 2.05) is 91.2 Å². The Morgan fingerprint density at radius 3 is 2.45 bits per heavy atom. The maximum absolute atomic E-state index is 12.5. The molecule has 0 saturated heterocycles. The van der Waals surface area contributed by atoms with Gasteiger partial charge >= 0.3 is 0 Å². The lowest BCUT2D eigenvalue weighted by Crippen LogP contribution is -2.15. The molecule has 0 bridgehead atoms. The molecule has 0 spiro atoms. The van der Waals surface area contributed by atoms with E-state index in [1.54, 1.807) is 6.07 Å². The fourth-order valence-electron chi connectivity index (χ4n) is 3.21. The Labute approximate surface area is 202 Å². The van der Waals surface area contributed by atoms with Gasteiger partial charge in [-0.1, -0.05) is 71.4 Å². The molecule has 1 aromatic heterocycles. The smallest absolute Gasteiger partial charge is 0.234 e. The molecule has 4 aromatic rings. The minimum Gasteiger partial charge on any atom is -0.481 e. The standard InChI is InChI=1S/C25H23ClN4O2S/c1-17-12-14-19(15-13-17)27-23(31)16-33-25-29-28-24(30(25)20-8-4-3-5-9-20)18(2)32-22-11-7-6-10-21(22)26/h3-15,18H,16H2,1-2H3,(H,27,31). The van der Waals surface area contributed by atoms with Crippen LogP contribution in [-0.2, 0) is 4.79 Å². The number of benzene rings is 3. The van der Waals surface area contributed by atoms with Crippen molar-refractivity contribution < 1.29 is 9.53 Å². The maximum Gasteiger partial charge on any atom is 0.234 e. The van der Waals surface area contributed by atoms with Crippen LogP contribution in [0.3, 0.4) is 0 Å². The van der Waals surface area contributed by atoms with E-state index >= 15 is 0 Å². The first-order chi connectivity index (χ1) is 16.0. The van der Waals surface area contributed by atoms with Gasteiger partial charge in [0, 0.05) is 11.4 Å². The number of thioether (sulfide) groups is 1. The van der Waals surface area contributed by atoms with Gasteiger partial charge in [-0.05, 0) is 50.2 Å². The summed E-state index contributed by atoms with van der Waals surface area (Å²) in [7, 11) is 0. The van der Waals surface area contributed by atoms with Gasteiger partial charge in [-0.3, -0.25) is 9.36 Å². The lowest BCUT2D eigenvalue weighted by Gasteiger charge is -2.17. The molecule has 0 radical (unpaired) electrons. The predicted octanol–water partition coefficient (Wildman–Crippen LogP) is 6.10. The Balaban J connectivity index is 1.54. The highest BCUT2D eigenvalue weighted by molar-refractivity contribution is 7.99. The number of aromatic nitrogens is 3. The summed E-state index contributed by atoms with van der Waals surface area (Å²) in [4.78, 5) is 12.5. The summed E-state index contributed by atoms with van der Waals surface area (Å²) in [5.41, 5.74) is 2.78. The number of aryl methyl sites for hydroxylation is 1. The van der Waals surface area contributed by atoms with Gasteiger partial charge in [-0.25, -0.2) is 0 Å². The van der Waals surface area contributed by atoms with Crippen LogP contribution in [0.1, 0.15) is 24.4 Å². The number of para-hydroxylation sites is 2. The Morgan fingerprint density at radius 2 is 1.73 bits per heavy atom. The molecule has 1 amide bonds. The van der Waals surface area contributed by atoms with Crippen molar-refractivity contribution in [3.8, 4) is 11.4 Å². The maximum atomic E-state index is 12.5. The van der Waals surface area contributed by atoms with Gasteiger partial charge < -0.3 is 10.1 Å². The molecule has 8 heteroatoms. The fraction of sp³-hybridized carbons (Fsp3) is 0.160. The van der Waals surface area contributed by atoms with Crippen LogP contribution in [0.4, 0.5) is 5.69 Å². The first kappa shape index (κ1) is 22.9. The molecule has 3 aromatic carbocycles. The zero-order valence-electron chi connectivity index (χ0n) is 18.2. The van der Waals surface area contributed by atoms with Gasteiger partial charge in [0.25, 0.3) is 0 Å². The lowest BCUT2D eigenvalue weighted by atomic mass is 10.2. The first-order valence-corrected chi connectivity index (χ1v) is 11.8. The molecule has 1 N–H and O–H groups in total. The Bertz CT molecular complexity index is 1230. The number of halogens is 1. The SMILES string of the molecule is Cc1ccc(NC(=O)CSc2nnc(C(C)Oc3ccccc3Cl)n2-c2ccccc2)cc1. The zero-order chi connectivity index (χ0) is 23.2. The van der Waals surface area contributed by atoms with Gasteiger partial charge in [0.05, 0.1) is 10.8 Å². The number of nitrogens with one attached hydrogen (secondary N) is 1. The van der Waals surface area contributed by atoms with E-state index in [0.717, 1.165) is 16.9 Å². The van der Waals surface area contributed by atoms with Crippen LogP contribution < -0.4 is 10.1 Å². The Morgan fingerprint density at radius 1 is 1.03 bits per heavy atom. The van der Waals surface area contributed by atoms with E-state index in [2.05, 4.69) is 15.5 Å². The second-order valence-electron chi connectivity index (χ2n) is 7.41. The number of nitrogens with zero attached hydrogens (tertiary/aromatic N) is 3. The number of amides is 1. The minimum atomic E-state index is -0.423. The van der Waals surface area contributed by atoms with Crippen LogP contribution in [0, 0.1) is 6.92 Å². The van der Waals surface area contributed by atoms with E-state index in [1.165, 1.54) is 11.8 Å². The van der Waals surface area contributed by atoms with Gasteiger partial charge in [-0.2, -0.15) is 0 Å². The molecule has 4 rings (SSSR count). The second-order valence-corrected chi connectivity index (χ2v) is 8.75. The van der Waals surface area contributed by atoms with Gasteiger partial charge in [0.1, 0.15) is 5.75 Å². The molecule has 168 valence electrons. The topological polar surface area (TPSA) is 69.0 Å². The van der Waals surface area contributed by atoms with E-state index in [-0.39, 0.29) is 11.7 Å². The van der Waals surface area contributed by atoms with Crippen molar-refractivity contribution in [2.75, 3.05) is 11.1 Å². The molecule has 1 atom stereocenters. The van der Waals surface area contributed by atoms with Crippen LogP contribution in [0.2, 0.25) is 5.02 Å². The van der Waals surface area contributed by atoms with Crippen molar-refractivity contribution in [3.05, 3.63) is 95.3 Å². The molecule has 0 saturated carbocycles. The molecule has 0 fully saturated rings. The van der Waals surface area contributed by atoms with Crippen LogP contribution >= 0.6 is 23.4 Å². The predicted molar refractivity (Wildman–Crippen MR) is 132 cm³/mol. The van der Waals surface area contributed by atoms with Crippen molar-refractivity contribution in [2.45, 2.75) is 25.1 Å². The minimum absolute atomic E-state index is 0.117. The van der Waals surface area contributed by atoms with Crippen LogP contribution in [-0.4, -0.2) is 26.4 Å². The molecule has 0 aliphatic rings. The summed E-state index contributed by atoms with van der Waals surface area (Å²) < 4.78 is 7.99. The van der Waals surface area contributed by atoms with E-state index in [4.69, 9.17) is 16.3 Å². The third-order valence-corrected chi connectivity index (χ3v) is 6.09. The molecule has 1 heterocycles. The summed E-state index contributed by atoms with van der Waals surface area (Å²) in [5, 5.41) is 12.8. The fourth-order valence-corrected chi connectivity index (χ4v) is 4.14. The highest BCUT2D eigenvalue weighted by Crippen LogP contribution is 2.31. The zero-order valence-corrected chi connectivity index (χ0v) is 19.8. The van der Waals surface area contributed by atoms with E-state index in [9.17, 15) is 4.79 Å². The highest BCUT2D eigenvalue weighted by atomic mass is 35.5. The lowest BCUT2D eigenvalue weighted by molar-refractivity contribution is -0.113. The van der Waals surface area contributed by atoms with Crippen LogP contribution in [0.25, 0.3) is 5.69 Å². The number of carbonyl (C=O) groups is 1. The van der Waals surface area contributed by atoms with Crippen molar-refractivity contribution in [2.24, 2.45) is 0 Å².